The van der Waals surface area contributed by atoms with Crippen molar-refractivity contribution in [3.63, 3.8) is 0 Å². The van der Waals surface area contributed by atoms with E-state index in [-0.39, 0.29) is 17.7 Å². The van der Waals surface area contributed by atoms with Crippen LogP contribution in [0, 0.1) is 0 Å². The first-order valence-corrected chi connectivity index (χ1v) is 15.1. The lowest BCUT2D eigenvalue weighted by atomic mass is 10.1. The van der Waals surface area contributed by atoms with E-state index in [2.05, 4.69) is 17.6 Å². The van der Waals surface area contributed by atoms with Crippen LogP contribution in [0.1, 0.15) is 110 Å². The molecule has 10 N–H and O–H groups in total. The molecule has 0 aromatic rings. The van der Waals surface area contributed by atoms with Crippen molar-refractivity contribution >= 4 is 17.7 Å². The summed E-state index contributed by atoms with van der Waals surface area (Å²) in [7, 11) is 0. The Morgan fingerprint density at radius 3 is 1.53 bits per heavy atom. The van der Waals surface area contributed by atoms with Gasteiger partial charge < -0.3 is 38.5 Å². The average Bonchev–Trinajstić information content (AvgIpc) is 2.91. The molecule has 0 fully saturated rings. The summed E-state index contributed by atoms with van der Waals surface area (Å²) in [5, 5.41) is 5.77. The number of unbranched alkanes of at least 4 members (excludes halogenated alkanes) is 8. The number of hydrogen-bond donors (Lipinski definition) is 6. The fourth-order valence-corrected chi connectivity index (χ4v) is 4.26. The zero-order valence-corrected chi connectivity index (χ0v) is 24.2. The van der Waals surface area contributed by atoms with E-state index in [0.29, 0.717) is 71.4 Å². The highest BCUT2D eigenvalue weighted by Gasteiger charge is 2.16. The Hall–Kier alpha value is -1.75. The smallest absolute Gasteiger partial charge is 0.236 e. The summed E-state index contributed by atoms with van der Waals surface area (Å²) in [6.45, 7) is 5.47. The van der Waals surface area contributed by atoms with Crippen LogP contribution in [0.4, 0.5) is 0 Å². The van der Waals surface area contributed by atoms with Crippen LogP contribution >= 0.6 is 0 Å². The lowest BCUT2D eigenvalue weighted by Gasteiger charge is -2.23. The molecular formula is C28H59N7O3. The minimum Gasteiger partial charge on any atom is -0.355 e. The fraction of sp³-hybridized carbons (Fsp3) is 0.893. The van der Waals surface area contributed by atoms with E-state index in [0.717, 1.165) is 38.5 Å². The molecule has 2 atom stereocenters. The summed E-state index contributed by atoms with van der Waals surface area (Å²) in [6.07, 6.45) is 14.6. The van der Waals surface area contributed by atoms with Gasteiger partial charge in [-0.25, -0.2) is 0 Å². The molecule has 0 aromatic heterocycles. The Morgan fingerprint density at radius 1 is 0.632 bits per heavy atom. The number of carbonyl (C=O) groups is 3. The van der Waals surface area contributed by atoms with Crippen molar-refractivity contribution in [2.24, 2.45) is 22.9 Å². The zero-order chi connectivity index (χ0) is 28.4. The van der Waals surface area contributed by atoms with Crippen molar-refractivity contribution in [3.8, 4) is 0 Å². The number of hydrogen-bond acceptors (Lipinski definition) is 7. The summed E-state index contributed by atoms with van der Waals surface area (Å²) < 4.78 is 0. The fourth-order valence-electron chi connectivity index (χ4n) is 4.26. The number of nitrogens with two attached hydrogens (primary N) is 4. The van der Waals surface area contributed by atoms with Crippen molar-refractivity contribution < 1.29 is 14.4 Å². The zero-order valence-electron chi connectivity index (χ0n) is 24.2. The molecule has 0 unspecified atom stereocenters. The van der Waals surface area contributed by atoms with Crippen molar-refractivity contribution in [3.05, 3.63) is 0 Å². The maximum absolute atomic E-state index is 12.9. The van der Waals surface area contributed by atoms with E-state index >= 15 is 0 Å². The SMILES string of the molecule is CCCCCCCCCC(=O)N(CCCNC(=O)[C@@H](N)CCCCN)CCCNC(=O)[C@@H](N)CCCCN. The summed E-state index contributed by atoms with van der Waals surface area (Å²) in [5.41, 5.74) is 22.9. The third-order valence-corrected chi connectivity index (χ3v) is 6.77. The summed E-state index contributed by atoms with van der Waals surface area (Å²) in [4.78, 5) is 39.2. The second-order valence-electron chi connectivity index (χ2n) is 10.3. The topological polar surface area (TPSA) is 183 Å². The normalized spacial score (nSPS) is 12.7. The minimum atomic E-state index is -0.526. The highest BCUT2D eigenvalue weighted by atomic mass is 16.2. The van der Waals surface area contributed by atoms with E-state index in [1.54, 1.807) is 0 Å². The van der Waals surface area contributed by atoms with E-state index in [4.69, 9.17) is 22.9 Å². The number of amides is 3. The lowest BCUT2D eigenvalue weighted by molar-refractivity contribution is -0.131. The molecule has 38 heavy (non-hydrogen) atoms. The Kier molecular flexibility index (Phi) is 24.3. The molecular weight excluding hydrogens is 482 g/mol. The average molecular weight is 542 g/mol. The van der Waals surface area contributed by atoms with Gasteiger partial charge in [0.15, 0.2) is 0 Å². The van der Waals surface area contributed by atoms with Gasteiger partial charge in [0.05, 0.1) is 12.1 Å². The molecule has 0 heterocycles. The van der Waals surface area contributed by atoms with E-state index in [1.165, 1.54) is 32.1 Å². The van der Waals surface area contributed by atoms with E-state index < -0.39 is 12.1 Å². The first-order chi connectivity index (χ1) is 18.4. The number of nitrogens with zero attached hydrogens (tertiary/aromatic N) is 1. The predicted octanol–water partition coefficient (Wildman–Crippen LogP) is 1.88. The molecule has 224 valence electrons. The molecule has 0 aliphatic carbocycles. The van der Waals surface area contributed by atoms with Crippen LogP contribution in [0.25, 0.3) is 0 Å². The van der Waals surface area contributed by atoms with Crippen LogP contribution < -0.4 is 33.6 Å². The Balaban J connectivity index is 4.50. The Bertz CT molecular complexity index is 571. The van der Waals surface area contributed by atoms with Crippen molar-refractivity contribution in [2.75, 3.05) is 39.3 Å². The molecule has 0 radical (unpaired) electrons. The molecule has 0 spiro atoms. The van der Waals surface area contributed by atoms with Crippen molar-refractivity contribution in [2.45, 2.75) is 122 Å². The summed E-state index contributed by atoms with van der Waals surface area (Å²) in [6, 6.07) is -1.05. The van der Waals surface area contributed by atoms with Crippen molar-refractivity contribution in [1.29, 1.82) is 0 Å². The van der Waals surface area contributed by atoms with Crippen LogP contribution in [0.3, 0.4) is 0 Å². The quantitative estimate of drug-likeness (QED) is 0.0903. The standard InChI is InChI=1S/C28H59N7O3/c1-2-3-4-5-6-7-8-17-26(36)35(22-13-20-33-27(37)24(31)15-9-11-18-29)23-14-21-34-28(38)25(32)16-10-12-19-30/h24-25H,2-23,29-32H2,1H3,(H,33,37)(H,34,38)/t24-,25-/m0/s1. The van der Waals surface area contributed by atoms with E-state index in [1.807, 2.05) is 4.90 Å². The maximum Gasteiger partial charge on any atom is 0.236 e. The van der Waals surface area contributed by atoms with Gasteiger partial charge in [-0.1, -0.05) is 58.3 Å². The number of rotatable bonds is 26. The minimum absolute atomic E-state index is 0.133. The van der Waals surface area contributed by atoms with Crippen LogP contribution in [-0.4, -0.2) is 74.0 Å². The number of carbonyl (C=O) groups excluding carboxylic acids is 3. The van der Waals surface area contributed by atoms with Gasteiger partial charge >= 0.3 is 0 Å². The maximum atomic E-state index is 12.9. The van der Waals surface area contributed by atoms with Gasteiger partial charge in [-0.3, -0.25) is 14.4 Å². The molecule has 0 saturated heterocycles. The molecule has 0 bridgehead atoms. The molecule has 3 amide bonds. The molecule has 10 heteroatoms. The molecule has 10 nitrogen and oxygen atoms in total. The van der Waals surface area contributed by atoms with Crippen LogP contribution in [-0.2, 0) is 14.4 Å². The highest BCUT2D eigenvalue weighted by molar-refractivity contribution is 5.81. The first-order valence-electron chi connectivity index (χ1n) is 15.1. The molecule has 0 aliphatic rings. The van der Waals surface area contributed by atoms with Crippen LogP contribution in [0.2, 0.25) is 0 Å². The summed E-state index contributed by atoms with van der Waals surface area (Å²) >= 11 is 0. The van der Waals surface area contributed by atoms with Gasteiger partial charge in [0, 0.05) is 32.6 Å². The first kappa shape index (κ1) is 36.2. The third-order valence-electron chi connectivity index (χ3n) is 6.77. The van der Waals surface area contributed by atoms with Crippen LogP contribution in [0.5, 0.6) is 0 Å². The third kappa shape index (κ3) is 20.2. The largest absolute Gasteiger partial charge is 0.355 e. The van der Waals surface area contributed by atoms with Gasteiger partial charge in [0.25, 0.3) is 0 Å². The van der Waals surface area contributed by atoms with Gasteiger partial charge in [-0.2, -0.15) is 0 Å². The van der Waals surface area contributed by atoms with Gasteiger partial charge in [0.2, 0.25) is 17.7 Å². The predicted molar refractivity (Wildman–Crippen MR) is 156 cm³/mol. The molecule has 0 aromatic carbocycles. The van der Waals surface area contributed by atoms with Gasteiger partial charge in [0.1, 0.15) is 0 Å². The van der Waals surface area contributed by atoms with Crippen LogP contribution in [0.15, 0.2) is 0 Å². The summed E-state index contributed by atoms with van der Waals surface area (Å²) in [5.74, 6) is -0.185. The van der Waals surface area contributed by atoms with Gasteiger partial charge in [-0.05, 0) is 58.0 Å². The highest BCUT2D eigenvalue weighted by Crippen LogP contribution is 2.10. The van der Waals surface area contributed by atoms with Gasteiger partial charge in [-0.15, -0.1) is 0 Å². The number of nitrogens with one attached hydrogen (secondary N) is 2. The molecule has 0 aliphatic heterocycles. The second kappa shape index (κ2) is 25.5. The Labute approximate surface area is 231 Å². The van der Waals surface area contributed by atoms with Crippen molar-refractivity contribution in [1.82, 2.24) is 15.5 Å². The monoisotopic (exact) mass is 541 g/mol. The molecule has 0 rings (SSSR count). The second-order valence-corrected chi connectivity index (χ2v) is 10.3. The Morgan fingerprint density at radius 2 is 1.08 bits per heavy atom. The lowest BCUT2D eigenvalue weighted by Crippen LogP contribution is -2.43. The molecule has 0 saturated carbocycles. The van der Waals surface area contributed by atoms with E-state index in [9.17, 15) is 14.4 Å².